The molecule has 0 aliphatic carbocycles. The standard InChI is InChI=1S/C18H24B2N4/c1-19-21(3)15-11-10-13(12-17(15)23(19)5)14-8-7-9-16-18(14)24(6)20(2)22(16)4/h7-12H,1-6H3. The fourth-order valence-electron chi connectivity index (χ4n) is 4.00. The molecule has 4 rings (SSSR count). The van der Waals surface area contributed by atoms with Gasteiger partial charge in [-0.05, 0) is 65.6 Å². The van der Waals surface area contributed by atoms with Gasteiger partial charge in [0.2, 0.25) is 0 Å². The Morgan fingerprint density at radius 2 is 1.29 bits per heavy atom. The van der Waals surface area contributed by atoms with Crippen LogP contribution >= 0.6 is 0 Å². The summed E-state index contributed by atoms with van der Waals surface area (Å²) < 4.78 is 0. The van der Waals surface area contributed by atoms with Gasteiger partial charge in [-0.1, -0.05) is 18.2 Å². The smallest absolute Gasteiger partial charge is 0.371 e. The molecular formula is C18H24B2N4. The minimum atomic E-state index is 0.379. The van der Waals surface area contributed by atoms with E-state index in [1.807, 2.05) is 0 Å². The molecule has 0 saturated heterocycles. The van der Waals surface area contributed by atoms with Crippen LogP contribution in [0.2, 0.25) is 13.6 Å². The van der Waals surface area contributed by atoms with E-state index in [4.69, 9.17) is 0 Å². The molecular weight excluding hydrogens is 294 g/mol. The van der Waals surface area contributed by atoms with Gasteiger partial charge in [0.05, 0.1) is 5.69 Å². The van der Waals surface area contributed by atoms with E-state index in [0.717, 1.165) is 0 Å². The van der Waals surface area contributed by atoms with Crippen molar-refractivity contribution in [1.29, 1.82) is 0 Å². The van der Waals surface area contributed by atoms with Gasteiger partial charge in [0, 0.05) is 22.6 Å². The quantitative estimate of drug-likeness (QED) is 0.748. The van der Waals surface area contributed by atoms with Crippen molar-refractivity contribution in [2.75, 3.05) is 47.4 Å². The van der Waals surface area contributed by atoms with E-state index in [0.29, 0.717) is 14.0 Å². The van der Waals surface area contributed by atoms with Gasteiger partial charge in [-0.25, -0.2) is 0 Å². The fourth-order valence-corrected chi connectivity index (χ4v) is 4.00. The van der Waals surface area contributed by atoms with Gasteiger partial charge in [-0.2, -0.15) is 0 Å². The molecule has 0 saturated carbocycles. The third kappa shape index (κ3) is 1.89. The SMILES string of the molecule is CB1N(C)c2ccc(-c3cccc4c3N(C)B(C)N4C)cc2N1C. The summed E-state index contributed by atoms with van der Waals surface area (Å²) in [4.78, 5) is 9.39. The van der Waals surface area contributed by atoms with Crippen LogP contribution in [-0.4, -0.2) is 42.2 Å². The van der Waals surface area contributed by atoms with Gasteiger partial charge >= 0.3 is 14.0 Å². The maximum Gasteiger partial charge on any atom is 0.371 e. The second kappa shape index (κ2) is 5.13. The van der Waals surface area contributed by atoms with Crippen LogP contribution in [0.3, 0.4) is 0 Å². The molecule has 2 aliphatic heterocycles. The van der Waals surface area contributed by atoms with Crippen molar-refractivity contribution in [2.24, 2.45) is 0 Å². The molecule has 2 aromatic rings. The van der Waals surface area contributed by atoms with Crippen LogP contribution in [0.25, 0.3) is 11.1 Å². The molecule has 122 valence electrons. The monoisotopic (exact) mass is 318 g/mol. The average molecular weight is 318 g/mol. The van der Waals surface area contributed by atoms with Crippen LogP contribution < -0.4 is 19.2 Å². The molecule has 2 aromatic carbocycles. The Labute approximate surface area is 145 Å². The lowest BCUT2D eigenvalue weighted by atomic mass is 9.78. The number of fused-ring (bicyclic) bond motifs is 2. The van der Waals surface area contributed by atoms with Crippen molar-refractivity contribution in [3.8, 4) is 11.1 Å². The maximum atomic E-state index is 2.37. The molecule has 0 radical (unpaired) electrons. The van der Waals surface area contributed by atoms with Crippen molar-refractivity contribution in [1.82, 2.24) is 0 Å². The van der Waals surface area contributed by atoms with Gasteiger partial charge in [-0.3, -0.25) is 0 Å². The molecule has 0 bridgehead atoms. The number of hydrogen-bond donors (Lipinski definition) is 0. The summed E-state index contributed by atoms with van der Waals surface area (Å²) in [5.74, 6) is 0. The van der Waals surface area contributed by atoms with E-state index in [9.17, 15) is 0 Å². The Bertz CT molecular complexity index is 810. The Hall–Kier alpha value is -2.23. The third-order valence-corrected chi connectivity index (χ3v) is 6.04. The lowest BCUT2D eigenvalue weighted by molar-refractivity contribution is 1.29. The number of hydrogen-bond acceptors (Lipinski definition) is 4. The molecule has 0 atom stereocenters. The van der Waals surface area contributed by atoms with Crippen LogP contribution in [0, 0.1) is 0 Å². The highest BCUT2D eigenvalue weighted by Crippen LogP contribution is 2.46. The van der Waals surface area contributed by atoms with Crippen molar-refractivity contribution < 1.29 is 0 Å². The minimum absolute atomic E-state index is 0.379. The fraction of sp³-hybridized carbons (Fsp3) is 0.333. The number of anilines is 4. The summed E-state index contributed by atoms with van der Waals surface area (Å²) in [6.07, 6.45) is 0. The van der Waals surface area contributed by atoms with E-state index >= 15 is 0 Å². The van der Waals surface area contributed by atoms with E-state index in [1.165, 1.54) is 33.9 Å². The van der Waals surface area contributed by atoms with Gasteiger partial charge in [0.15, 0.2) is 0 Å². The molecule has 0 aromatic heterocycles. The molecule has 4 nitrogen and oxygen atoms in total. The van der Waals surface area contributed by atoms with Crippen molar-refractivity contribution in [2.45, 2.75) is 13.6 Å². The molecule has 0 unspecified atom stereocenters. The van der Waals surface area contributed by atoms with Crippen LogP contribution in [0.5, 0.6) is 0 Å². The van der Waals surface area contributed by atoms with E-state index in [1.54, 1.807) is 0 Å². The number of rotatable bonds is 1. The third-order valence-electron chi connectivity index (χ3n) is 6.04. The Kier molecular flexibility index (Phi) is 3.27. The minimum Gasteiger partial charge on any atom is -0.397 e. The zero-order valence-corrected chi connectivity index (χ0v) is 15.4. The van der Waals surface area contributed by atoms with Crippen LogP contribution in [0.4, 0.5) is 22.7 Å². The summed E-state index contributed by atoms with van der Waals surface area (Å²) in [6, 6.07) is 13.5. The van der Waals surface area contributed by atoms with E-state index in [-0.39, 0.29) is 0 Å². The highest BCUT2D eigenvalue weighted by molar-refractivity contribution is 6.69. The number of nitrogens with zero attached hydrogens (tertiary/aromatic N) is 4. The molecule has 24 heavy (non-hydrogen) atoms. The largest absolute Gasteiger partial charge is 0.397 e. The zero-order valence-electron chi connectivity index (χ0n) is 15.4. The highest BCUT2D eigenvalue weighted by atomic mass is 15.3. The van der Waals surface area contributed by atoms with Crippen molar-refractivity contribution in [3.63, 3.8) is 0 Å². The first-order valence-electron chi connectivity index (χ1n) is 8.60. The molecule has 0 N–H and O–H groups in total. The average Bonchev–Trinajstić information content (AvgIpc) is 2.96. The van der Waals surface area contributed by atoms with Crippen LogP contribution in [0.1, 0.15) is 0 Å². The van der Waals surface area contributed by atoms with Gasteiger partial charge in [0.1, 0.15) is 0 Å². The van der Waals surface area contributed by atoms with Gasteiger partial charge in [-0.15, -0.1) is 0 Å². The lowest BCUT2D eigenvalue weighted by Gasteiger charge is -2.20. The van der Waals surface area contributed by atoms with Crippen LogP contribution in [0.15, 0.2) is 36.4 Å². The first kappa shape index (κ1) is 15.3. The van der Waals surface area contributed by atoms with E-state index < -0.39 is 0 Å². The Balaban J connectivity index is 1.86. The highest BCUT2D eigenvalue weighted by Gasteiger charge is 2.35. The molecule has 2 heterocycles. The summed E-state index contributed by atoms with van der Waals surface area (Å²) in [7, 11) is 8.70. The lowest BCUT2D eigenvalue weighted by Crippen LogP contribution is -2.41. The predicted molar refractivity (Wildman–Crippen MR) is 109 cm³/mol. The summed E-state index contributed by atoms with van der Waals surface area (Å²) in [5, 5.41) is 0. The first-order chi connectivity index (χ1) is 11.4. The molecule has 0 spiro atoms. The molecule has 0 fully saturated rings. The van der Waals surface area contributed by atoms with Crippen molar-refractivity contribution in [3.05, 3.63) is 36.4 Å². The van der Waals surface area contributed by atoms with Crippen LogP contribution in [-0.2, 0) is 0 Å². The van der Waals surface area contributed by atoms with Crippen molar-refractivity contribution >= 4 is 36.7 Å². The second-order valence-electron chi connectivity index (χ2n) is 7.08. The molecule has 0 amide bonds. The van der Waals surface area contributed by atoms with E-state index in [2.05, 4.69) is 97.5 Å². The topological polar surface area (TPSA) is 13.0 Å². The summed E-state index contributed by atoms with van der Waals surface area (Å²) in [5.41, 5.74) is 7.84. The normalized spacial score (nSPS) is 16.2. The second-order valence-corrected chi connectivity index (χ2v) is 7.08. The van der Waals surface area contributed by atoms with Gasteiger partial charge < -0.3 is 19.2 Å². The molecule has 2 aliphatic rings. The molecule has 6 heteroatoms. The Morgan fingerprint density at radius 1 is 0.667 bits per heavy atom. The number of benzene rings is 2. The predicted octanol–water partition coefficient (Wildman–Crippen LogP) is 3.36. The maximum absolute atomic E-state index is 2.37. The van der Waals surface area contributed by atoms with Gasteiger partial charge in [0.25, 0.3) is 0 Å². The number of para-hydroxylation sites is 1. The summed E-state index contributed by atoms with van der Waals surface area (Å²) in [6.45, 7) is 5.26. The first-order valence-corrected chi connectivity index (χ1v) is 8.60. The Morgan fingerprint density at radius 3 is 2.04 bits per heavy atom. The summed E-state index contributed by atoms with van der Waals surface area (Å²) >= 11 is 0. The zero-order chi connectivity index (χ0) is 17.2.